The van der Waals surface area contributed by atoms with Crippen molar-refractivity contribution in [2.24, 2.45) is 0 Å². The van der Waals surface area contributed by atoms with Crippen molar-refractivity contribution in [1.82, 2.24) is 14.9 Å². The molecule has 100 valence electrons. The molecule has 0 atom stereocenters. The molecule has 0 spiro atoms. The van der Waals surface area contributed by atoms with Crippen LogP contribution in [-0.2, 0) is 13.1 Å². The monoisotopic (exact) mass is 259 g/mol. The summed E-state index contributed by atoms with van der Waals surface area (Å²) in [7, 11) is 3.31. The van der Waals surface area contributed by atoms with Gasteiger partial charge in [0, 0.05) is 18.7 Å². The Bertz CT molecular complexity index is 592. The third-order valence-corrected chi connectivity index (χ3v) is 3.41. The van der Waals surface area contributed by atoms with Crippen LogP contribution in [0.1, 0.15) is 5.82 Å². The average Bonchev–Trinajstić information content (AvgIpc) is 2.90. The first-order chi connectivity index (χ1) is 9.35. The van der Waals surface area contributed by atoms with Crippen molar-refractivity contribution >= 4 is 0 Å². The van der Waals surface area contributed by atoms with Crippen LogP contribution in [0.5, 0.6) is 11.5 Å². The summed E-state index contributed by atoms with van der Waals surface area (Å²) in [5.41, 5.74) is 2.09. The molecule has 1 aliphatic rings. The predicted molar refractivity (Wildman–Crippen MR) is 72.5 cm³/mol. The van der Waals surface area contributed by atoms with Gasteiger partial charge in [0.25, 0.3) is 0 Å². The standard InChI is InChI=1S/C14H17N3O2/c1-18-12-5-3-4-10(14(12)19-2)11-8-16-13-9-15-6-7-17(11)13/h3-5,8,15H,6-7,9H2,1-2H3. The minimum Gasteiger partial charge on any atom is -0.493 e. The van der Waals surface area contributed by atoms with Gasteiger partial charge in [-0.15, -0.1) is 0 Å². The fourth-order valence-electron chi connectivity index (χ4n) is 2.50. The number of nitrogens with one attached hydrogen (secondary N) is 1. The molecule has 0 radical (unpaired) electrons. The smallest absolute Gasteiger partial charge is 0.170 e. The number of hydrogen-bond acceptors (Lipinski definition) is 4. The highest BCUT2D eigenvalue weighted by Gasteiger charge is 2.19. The van der Waals surface area contributed by atoms with E-state index >= 15 is 0 Å². The van der Waals surface area contributed by atoms with Gasteiger partial charge in [0.15, 0.2) is 11.5 Å². The predicted octanol–water partition coefficient (Wildman–Crippen LogP) is 1.67. The van der Waals surface area contributed by atoms with Crippen LogP contribution < -0.4 is 14.8 Å². The maximum Gasteiger partial charge on any atom is 0.170 e. The van der Waals surface area contributed by atoms with Gasteiger partial charge < -0.3 is 19.4 Å². The van der Waals surface area contributed by atoms with Gasteiger partial charge in [-0.1, -0.05) is 6.07 Å². The van der Waals surface area contributed by atoms with E-state index in [1.165, 1.54) is 0 Å². The average molecular weight is 259 g/mol. The van der Waals surface area contributed by atoms with E-state index in [4.69, 9.17) is 9.47 Å². The van der Waals surface area contributed by atoms with E-state index in [9.17, 15) is 0 Å². The van der Waals surface area contributed by atoms with Crippen LogP contribution in [0.15, 0.2) is 24.4 Å². The summed E-state index contributed by atoms with van der Waals surface area (Å²) < 4.78 is 13.1. The molecular formula is C14H17N3O2. The number of imidazole rings is 1. The van der Waals surface area contributed by atoms with E-state index in [1.807, 2.05) is 24.4 Å². The van der Waals surface area contributed by atoms with Crippen LogP contribution in [0.4, 0.5) is 0 Å². The summed E-state index contributed by atoms with van der Waals surface area (Å²) in [6.07, 6.45) is 1.90. The number of nitrogens with zero attached hydrogens (tertiary/aromatic N) is 2. The van der Waals surface area contributed by atoms with Crippen molar-refractivity contribution in [3.63, 3.8) is 0 Å². The molecule has 0 saturated carbocycles. The number of para-hydroxylation sites is 1. The van der Waals surface area contributed by atoms with E-state index in [2.05, 4.69) is 14.9 Å². The lowest BCUT2D eigenvalue weighted by Gasteiger charge is -2.19. The number of hydrogen-bond donors (Lipinski definition) is 1. The number of benzene rings is 1. The summed E-state index contributed by atoms with van der Waals surface area (Å²) in [6.45, 7) is 2.69. The SMILES string of the molecule is COc1cccc(-c2cnc3n2CCNC3)c1OC. The van der Waals surface area contributed by atoms with Gasteiger partial charge in [-0.2, -0.15) is 0 Å². The molecule has 0 unspecified atom stereocenters. The van der Waals surface area contributed by atoms with Crippen molar-refractivity contribution in [1.29, 1.82) is 0 Å². The van der Waals surface area contributed by atoms with Gasteiger partial charge in [0.1, 0.15) is 5.82 Å². The van der Waals surface area contributed by atoms with Crippen LogP contribution in [-0.4, -0.2) is 30.3 Å². The Kier molecular flexibility index (Phi) is 3.13. The fourth-order valence-corrected chi connectivity index (χ4v) is 2.50. The Morgan fingerprint density at radius 2 is 2.16 bits per heavy atom. The van der Waals surface area contributed by atoms with Crippen molar-refractivity contribution in [2.75, 3.05) is 20.8 Å². The molecule has 0 aliphatic carbocycles. The van der Waals surface area contributed by atoms with Crippen molar-refractivity contribution < 1.29 is 9.47 Å². The van der Waals surface area contributed by atoms with Crippen molar-refractivity contribution in [2.45, 2.75) is 13.1 Å². The number of ether oxygens (including phenoxy) is 2. The van der Waals surface area contributed by atoms with Crippen LogP contribution >= 0.6 is 0 Å². The molecule has 19 heavy (non-hydrogen) atoms. The van der Waals surface area contributed by atoms with Crippen LogP contribution in [0.2, 0.25) is 0 Å². The summed E-state index contributed by atoms with van der Waals surface area (Å²) in [5, 5.41) is 3.32. The van der Waals surface area contributed by atoms with Gasteiger partial charge in [-0.25, -0.2) is 4.98 Å². The lowest BCUT2D eigenvalue weighted by Crippen LogP contribution is -2.28. The molecule has 1 aromatic carbocycles. The van der Waals surface area contributed by atoms with E-state index in [-0.39, 0.29) is 0 Å². The lowest BCUT2D eigenvalue weighted by atomic mass is 10.1. The Hall–Kier alpha value is -2.01. The van der Waals surface area contributed by atoms with Crippen LogP contribution in [0, 0.1) is 0 Å². The van der Waals surface area contributed by atoms with Crippen molar-refractivity contribution in [3.8, 4) is 22.8 Å². The maximum absolute atomic E-state index is 5.50. The first-order valence-corrected chi connectivity index (χ1v) is 6.31. The Labute approximate surface area is 112 Å². The second-order valence-corrected chi connectivity index (χ2v) is 4.43. The molecule has 2 aromatic rings. The topological polar surface area (TPSA) is 48.3 Å². The number of fused-ring (bicyclic) bond motifs is 1. The van der Waals surface area contributed by atoms with Gasteiger partial charge in [0.2, 0.25) is 0 Å². The van der Waals surface area contributed by atoms with E-state index in [0.29, 0.717) is 0 Å². The minimum atomic E-state index is 0.740. The van der Waals surface area contributed by atoms with Gasteiger partial charge in [-0.3, -0.25) is 0 Å². The summed E-state index contributed by atoms with van der Waals surface area (Å²) in [6, 6.07) is 5.91. The normalized spacial score (nSPS) is 14.0. The molecule has 3 rings (SSSR count). The molecule has 0 bridgehead atoms. The molecule has 0 fully saturated rings. The third kappa shape index (κ3) is 1.96. The molecule has 2 heterocycles. The minimum absolute atomic E-state index is 0.740. The van der Waals surface area contributed by atoms with Gasteiger partial charge in [0.05, 0.1) is 32.7 Å². The molecule has 0 saturated heterocycles. The quantitative estimate of drug-likeness (QED) is 0.911. The van der Waals surface area contributed by atoms with Gasteiger partial charge in [-0.05, 0) is 12.1 Å². The zero-order valence-corrected chi connectivity index (χ0v) is 11.1. The second-order valence-electron chi connectivity index (χ2n) is 4.43. The number of aromatic nitrogens is 2. The molecule has 1 N–H and O–H groups in total. The largest absolute Gasteiger partial charge is 0.493 e. The molecule has 1 aromatic heterocycles. The zero-order chi connectivity index (χ0) is 13.2. The lowest BCUT2D eigenvalue weighted by molar-refractivity contribution is 0.356. The highest BCUT2D eigenvalue weighted by Crippen LogP contribution is 2.38. The number of rotatable bonds is 3. The summed E-state index contributed by atoms with van der Waals surface area (Å²) in [5.74, 6) is 2.56. The second kappa shape index (κ2) is 4.93. The summed E-state index contributed by atoms with van der Waals surface area (Å²) in [4.78, 5) is 4.47. The van der Waals surface area contributed by atoms with Crippen LogP contribution in [0.25, 0.3) is 11.3 Å². The molecule has 1 aliphatic heterocycles. The fraction of sp³-hybridized carbons (Fsp3) is 0.357. The zero-order valence-electron chi connectivity index (χ0n) is 11.1. The van der Waals surface area contributed by atoms with E-state index in [1.54, 1.807) is 14.2 Å². The number of methoxy groups -OCH3 is 2. The molecular weight excluding hydrogens is 242 g/mol. The van der Waals surface area contributed by atoms with E-state index in [0.717, 1.165) is 48.2 Å². The van der Waals surface area contributed by atoms with E-state index < -0.39 is 0 Å². The highest BCUT2D eigenvalue weighted by atomic mass is 16.5. The van der Waals surface area contributed by atoms with Gasteiger partial charge >= 0.3 is 0 Å². The molecule has 5 nitrogen and oxygen atoms in total. The molecule has 5 heteroatoms. The Morgan fingerprint density at radius 1 is 1.26 bits per heavy atom. The Morgan fingerprint density at radius 3 is 2.95 bits per heavy atom. The molecule has 0 amide bonds. The van der Waals surface area contributed by atoms with Crippen molar-refractivity contribution in [3.05, 3.63) is 30.2 Å². The first kappa shape index (κ1) is 12.0. The third-order valence-electron chi connectivity index (χ3n) is 3.41. The maximum atomic E-state index is 5.50. The summed E-state index contributed by atoms with van der Waals surface area (Å²) >= 11 is 0. The Balaban J connectivity index is 2.14. The van der Waals surface area contributed by atoms with Crippen LogP contribution in [0.3, 0.4) is 0 Å². The first-order valence-electron chi connectivity index (χ1n) is 6.31. The highest BCUT2D eigenvalue weighted by molar-refractivity contribution is 5.71.